The van der Waals surface area contributed by atoms with Crippen LogP contribution in [-0.4, -0.2) is 38.9 Å². The molecule has 2 aromatic heterocycles. The number of hydrogen-bond acceptors (Lipinski definition) is 5. The van der Waals surface area contributed by atoms with Crippen LogP contribution in [0.4, 0.5) is 0 Å². The Bertz CT molecular complexity index is 812. The number of ether oxygens (including phenoxy) is 1. The van der Waals surface area contributed by atoms with E-state index in [0.717, 1.165) is 18.7 Å². The Morgan fingerprint density at radius 1 is 1.27 bits per heavy atom. The minimum atomic E-state index is -0.375. The molecule has 22 heavy (non-hydrogen) atoms. The maximum atomic E-state index is 12.6. The number of fused-ring (bicyclic) bond motifs is 1. The van der Waals surface area contributed by atoms with Gasteiger partial charge in [0, 0.05) is 33.2 Å². The predicted molar refractivity (Wildman–Crippen MR) is 82.1 cm³/mol. The van der Waals surface area contributed by atoms with Crippen molar-refractivity contribution in [1.82, 2.24) is 18.7 Å². The molecule has 0 aromatic carbocycles. The van der Waals surface area contributed by atoms with Gasteiger partial charge in [0.15, 0.2) is 11.2 Å². The summed E-state index contributed by atoms with van der Waals surface area (Å²) in [4.78, 5) is 29.8. The van der Waals surface area contributed by atoms with Crippen LogP contribution in [0.3, 0.4) is 0 Å². The number of methoxy groups -OCH3 is 1. The molecule has 0 atom stereocenters. The zero-order chi connectivity index (χ0) is 15.9. The van der Waals surface area contributed by atoms with Crippen molar-refractivity contribution in [3.05, 3.63) is 26.7 Å². The van der Waals surface area contributed by atoms with Crippen LogP contribution >= 0.6 is 0 Å². The molecule has 0 saturated heterocycles. The third kappa shape index (κ3) is 2.28. The molecule has 3 rings (SSSR count). The third-order valence-electron chi connectivity index (χ3n) is 4.09. The van der Waals surface area contributed by atoms with Crippen LogP contribution in [0.25, 0.3) is 11.2 Å². The Kier molecular flexibility index (Phi) is 3.88. The molecule has 0 unspecified atom stereocenters. The zero-order valence-corrected chi connectivity index (χ0v) is 12.9. The minimum absolute atomic E-state index is 0.199. The highest BCUT2D eigenvalue weighted by molar-refractivity contribution is 5.71. The molecule has 2 N–H and O–H groups in total. The van der Waals surface area contributed by atoms with E-state index < -0.39 is 0 Å². The van der Waals surface area contributed by atoms with E-state index in [-0.39, 0.29) is 24.3 Å². The Balaban J connectivity index is 2.31. The van der Waals surface area contributed by atoms with Gasteiger partial charge in [-0.2, -0.15) is 0 Å². The second-order valence-corrected chi connectivity index (χ2v) is 5.65. The van der Waals surface area contributed by atoms with Gasteiger partial charge >= 0.3 is 5.69 Å². The maximum Gasteiger partial charge on any atom is 0.332 e. The summed E-state index contributed by atoms with van der Waals surface area (Å²) in [5.74, 6) is 1.27. The van der Waals surface area contributed by atoms with Gasteiger partial charge < -0.3 is 15.0 Å². The fraction of sp³-hybridized carbons (Fsp3) is 0.643. The van der Waals surface area contributed by atoms with Crippen molar-refractivity contribution >= 4 is 11.2 Å². The minimum Gasteiger partial charge on any atom is -0.383 e. The van der Waals surface area contributed by atoms with Crippen molar-refractivity contribution < 1.29 is 4.74 Å². The summed E-state index contributed by atoms with van der Waals surface area (Å²) in [5.41, 5.74) is 5.76. The lowest BCUT2D eigenvalue weighted by molar-refractivity contribution is 0.186. The van der Waals surface area contributed by atoms with E-state index in [4.69, 9.17) is 10.5 Å². The van der Waals surface area contributed by atoms with E-state index >= 15 is 0 Å². The Morgan fingerprint density at radius 3 is 2.59 bits per heavy atom. The van der Waals surface area contributed by atoms with Crippen LogP contribution in [0.2, 0.25) is 0 Å². The lowest BCUT2D eigenvalue weighted by atomic mass is 10.4. The van der Waals surface area contributed by atoms with Gasteiger partial charge in [-0.3, -0.25) is 13.9 Å². The van der Waals surface area contributed by atoms with Gasteiger partial charge in [-0.25, -0.2) is 9.78 Å². The number of aryl methyl sites for hydroxylation is 1. The number of imidazole rings is 1. The molecule has 0 spiro atoms. The highest BCUT2D eigenvalue weighted by Crippen LogP contribution is 2.39. The average Bonchev–Trinajstić information content (AvgIpc) is 3.28. The van der Waals surface area contributed by atoms with Gasteiger partial charge in [0.1, 0.15) is 5.82 Å². The fourth-order valence-corrected chi connectivity index (χ4v) is 2.80. The van der Waals surface area contributed by atoms with E-state index in [2.05, 4.69) is 4.98 Å². The summed E-state index contributed by atoms with van der Waals surface area (Å²) in [6, 6.07) is 0. The normalized spacial score (nSPS) is 14.9. The van der Waals surface area contributed by atoms with E-state index in [0.29, 0.717) is 30.2 Å². The molecule has 1 saturated carbocycles. The number of nitrogens with two attached hydrogens (primary N) is 1. The predicted octanol–water partition coefficient (Wildman–Crippen LogP) is -0.621. The van der Waals surface area contributed by atoms with Crippen molar-refractivity contribution in [1.29, 1.82) is 0 Å². The van der Waals surface area contributed by atoms with Crippen LogP contribution in [0, 0.1) is 0 Å². The van der Waals surface area contributed by atoms with Crippen molar-refractivity contribution in [3.63, 3.8) is 0 Å². The second kappa shape index (κ2) is 5.69. The quantitative estimate of drug-likeness (QED) is 0.767. The summed E-state index contributed by atoms with van der Waals surface area (Å²) in [6.07, 6.45) is 2.16. The largest absolute Gasteiger partial charge is 0.383 e. The molecule has 1 aliphatic rings. The molecule has 0 aliphatic heterocycles. The first kappa shape index (κ1) is 15.0. The van der Waals surface area contributed by atoms with Crippen LogP contribution in [-0.2, 0) is 24.9 Å². The molecule has 1 aliphatic carbocycles. The van der Waals surface area contributed by atoms with Crippen molar-refractivity contribution in [2.45, 2.75) is 31.8 Å². The van der Waals surface area contributed by atoms with Gasteiger partial charge in [0.05, 0.1) is 13.2 Å². The first-order valence-corrected chi connectivity index (χ1v) is 7.49. The first-order valence-electron chi connectivity index (χ1n) is 7.49. The smallest absolute Gasteiger partial charge is 0.332 e. The van der Waals surface area contributed by atoms with Crippen molar-refractivity contribution in [2.24, 2.45) is 12.8 Å². The molecule has 0 radical (unpaired) electrons. The molecule has 8 heteroatoms. The number of rotatable bonds is 6. The maximum absolute atomic E-state index is 12.6. The van der Waals surface area contributed by atoms with Gasteiger partial charge in [-0.15, -0.1) is 0 Å². The van der Waals surface area contributed by atoms with E-state index in [1.165, 1.54) is 9.13 Å². The standard InChI is InChI=1S/C14H21N5O3/c1-17-10-12(16-11(17)9-3-4-9)18(7-8-22-2)14(21)19(6-5-15)13(10)20/h9H,3-8,15H2,1-2H3. The van der Waals surface area contributed by atoms with Gasteiger partial charge in [-0.1, -0.05) is 0 Å². The Labute approximate surface area is 127 Å². The highest BCUT2D eigenvalue weighted by Gasteiger charge is 2.30. The average molecular weight is 307 g/mol. The van der Waals surface area contributed by atoms with Crippen LogP contribution in [0.5, 0.6) is 0 Å². The summed E-state index contributed by atoms with van der Waals surface area (Å²) >= 11 is 0. The molecule has 0 bridgehead atoms. The third-order valence-corrected chi connectivity index (χ3v) is 4.09. The van der Waals surface area contributed by atoms with Crippen LogP contribution < -0.4 is 17.0 Å². The Hall–Kier alpha value is -1.93. The van der Waals surface area contributed by atoms with E-state index in [9.17, 15) is 9.59 Å². The van der Waals surface area contributed by atoms with Crippen LogP contribution in [0.1, 0.15) is 24.6 Å². The SMILES string of the molecule is COCCn1c(=O)n(CCN)c(=O)c2c1nc(C1CC1)n2C. The molecule has 2 heterocycles. The molecule has 0 amide bonds. The Morgan fingerprint density at radius 2 is 2.00 bits per heavy atom. The molecule has 1 fully saturated rings. The number of nitrogens with zero attached hydrogens (tertiary/aromatic N) is 4. The number of hydrogen-bond donors (Lipinski definition) is 1. The molecular weight excluding hydrogens is 286 g/mol. The topological polar surface area (TPSA) is 97.1 Å². The zero-order valence-electron chi connectivity index (χ0n) is 12.9. The van der Waals surface area contributed by atoms with Crippen molar-refractivity contribution in [2.75, 3.05) is 20.3 Å². The fourth-order valence-electron chi connectivity index (χ4n) is 2.80. The van der Waals surface area contributed by atoms with E-state index in [1.807, 2.05) is 11.6 Å². The van der Waals surface area contributed by atoms with Gasteiger partial charge in [-0.05, 0) is 12.8 Å². The first-order chi connectivity index (χ1) is 10.6. The summed E-state index contributed by atoms with van der Waals surface area (Å²) in [7, 11) is 3.41. The number of aromatic nitrogens is 4. The van der Waals surface area contributed by atoms with E-state index in [1.54, 1.807) is 7.11 Å². The lowest BCUT2D eigenvalue weighted by Gasteiger charge is -2.10. The molecular formula is C14H21N5O3. The molecule has 2 aromatic rings. The van der Waals surface area contributed by atoms with Crippen molar-refractivity contribution in [3.8, 4) is 0 Å². The highest BCUT2D eigenvalue weighted by atomic mass is 16.5. The van der Waals surface area contributed by atoms with Crippen LogP contribution in [0.15, 0.2) is 9.59 Å². The molecule has 120 valence electrons. The summed E-state index contributed by atoms with van der Waals surface area (Å²) in [6.45, 7) is 1.17. The summed E-state index contributed by atoms with van der Waals surface area (Å²) < 4.78 is 9.60. The molecule has 8 nitrogen and oxygen atoms in total. The monoisotopic (exact) mass is 307 g/mol. The second-order valence-electron chi connectivity index (χ2n) is 5.65. The lowest BCUT2D eigenvalue weighted by Crippen LogP contribution is -2.42. The summed E-state index contributed by atoms with van der Waals surface area (Å²) in [5, 5.41) is 0. The van der Waals surface area contributed by atoms with Gasteiger partial charge in [0.2, 0.25) is 0 Å². The van der Waals surface area contributed by atoms with Gasteiger partial charge in [0.25, 0.3) is 5.56 Å².